The van der Waals surface area contributed by atoms with Gasteiger partial charge in [-0.15, -0.1) is 0 Å². The van der Waals surface area contributed by atoms with Crippen LogP contribution >= 0.6 is 0 Å². The Labute approximate surface area is 261 Å². The molecule has 13 nitrogen and oxygen atoms in total. The van der Waals surface area contributed by atoms with Gasteiger partial charge in [0.05, 0.1) is 18.9 Å². The van der Waals surface area contributed by atoms with Gasteiger partial charge in [-0.2, -0.15) is 15.3 Å². The molecule has 1 aliphatic heterocycles. The minimum atomic E-state index is -0.192. The van der Waals surface area contributed by atoms with E-state index in [0.29, 0.717) is 42.8 Å². The number of nitrogens with zero attached hydrogens (tertiary/aromatic N) is 8. The first-order valence-electron chi connectivity index (χ1n) is 15.1. The van der Waals surface area contributed by atoms with Crippen LogP contribution in [0.4, 0.5) is 22.4 Å². The maximum Gasteiger partial charge on any atom is 0.323 e. The van der Waals surface area contributed by atoms with Crippen LogP contribution in [0, 0.1) is 11.3 Å². The van der Waals surface area contributed by atoms with Gasteiger partial charge in [0.15, 0.2) is 5.82 Å². The molecule has 2 fully saturated rings. The minimum absolute atomic E-state index is 0.0557. The Kier molecular flexibility index (Phi) is 8.81. The molecule has 4 aromatic rings. The second kappa shape index (κ2) is 13.4. The SMILES string of the molecule is Cn1cc(-c2ccc(N(C(=O)NCc3ccccc3)[C@H]3CC[C@H](Nc4ncc(C#N)c(N5CCNC(=O)C5)n4)CC3)nc2)cn1. The van der Waals surface area contributed by atoms with Crippen molar-refractivity contribution in [3.8, 4) is 17.2 Å². The number of piperazine rings is 1. The molecule has 3 N–H and O–H groups in total. The highest BCUT2D eigenvalue weighted by Gasteiger charge is 2.31. The van der Waals surface area contributed by atoms with Gasteiger partial charge < -0.3 is 20.9 Å². The van der Waals surface area contributed by atoms with Crippen molar-refractivity contribution in [2.75, 3.05) is 34.8 Å². The van der Waals surface area contributed by atoms with Crippen LogP contribution < -0.4 is 25.8 Å². The second-order valence-corrected chi connectivity index (χ2v) is 11.3. The summed E-state index contributed by atoms with van der Waals surface area (Å²) in [5.74, 6) is 1.37. The normalized spacial score (nSPS) is 18.0. The molecule has 3 aromatic heterocycles. The predicted octanol–water partition coefficient (Wildman–Crippen LogP) is 3.22. The number of aromatic nitrogens is 5. The van der Waals surface area contributed by atoms with Gasteiger partial charge in [0.2, 0.25) is 11.9 Å². The Balaban J connectivity index is 1.15. The minimum Gasteiger partial charge on any atom is -0.353 e. The summed E-state index contributed by atoms with van der Waals surface area (Å²) < 4.78 is 1.74. The van der Waals surface area contributed by atoms with Gasteiger partial charge in [-0.25, -0.2) is 14.8 Å². The topological polar surface area (TPSA) is 157 Å². The Bertz CT molecular complexity index is 1680. The van der Waals surface area contributed by atoms with Crippen molar-refractivity contribution in [2.24, 2.45) is 7.05 Å². The third kappa shape index (κ3) is 7.01. The number of hydrogen-bond donors (Lipinski definition) is 3. The highest BCUT2D eigenvalue weighted by Crippen LogP contribution is 2.30. The fraction of sp³-hybridized carbons (Fsp3) is 0.344. The number of pyridine rings is 1. The summed E-state index contributed by atoms with van der Waals surface area (Å²) in [4.78, 5) is 42.9. The average Bonchev–Trinajstić information content (AvgIpc) is 3.51. The molecule has 6 rings (SSSR count). The molecule has 1 saturated heterocycles. The number of hydrogen-bond acceptors (Lipinski definition) is 9. The first-order chi connectivity index (χ1) is 22.0. The van der Waals surface area contributed by atoms with Crippen molar-refractivity contribution in [1.29, 1.82) is 5.26 Å². The van der Waals surface area contributed by atoms with E-state index in [4.69, 9.17) is 4.98 Å². The molecule has 0 bridgehead atoms. The first kappa shape index (κ1) is 29.6. The zero-order valence-electron chi connectivity index (χ0n) is 25.1. The molecule has 13 heteroatoms. The van der Waals surface area contributed by atoms with Crippen LogP contribution in [0.2, 0.25) is 0 Å². The molecule has 3 amide bonds. The molecule has 0 atom stereocenters. The molecule has 0 unspecified atom stereocenters. The number of urea groups is 1. The van der Waals surface area contributed by atoms with Crippen molar-refractivity contribution >= 4 is 29.5 Å². The number of nitrogens with one attached hydrogen (secondary N) is 3. The molecule has 1 aromatic carbocycles. The van der Waals surface area contributed by atoms with Gasteiger partial charge in [0, 0.05) is 62.3 Å². The number of rotatable bonds is 8. The lowest BCUT2D eigenvalue weighted by molar-refractivity contribution is -0.120. The molecule has 45 heavy (non-hydrogen) atoms. The Morgan fingerprint density at radius 3 is 2.58 bits per heavy atom. The summed E-state index contributed by atoms with van der Waals surface area (Å²) in [6.07, 6.45) is 10.1. The number of anilines is 3. The monoisotopic (exact) mass is 605 g/mol. The number of carbonyl (C=O) groups excluding carboxylic acids is 2. The van der Waals surface area contributed by atoms with E-state index >= 15 is 0 Å². The summed E-state index contributed by atoms with van der Waals surface area (Å²) in [6.45, 7) is 1.63. The molecule has 0 radical (unpaired) electrons. The fourth-order valence-electron chi connectivity index (χ4n) is 5.83. The van der Waals surface area contributed by atoms with E-state index < -0.39 is 0 Å². The molecule has 2 aliphatic rings. The standard InChI is InChI=1S/C32H35N11O2/c1-41-20-25(19-38-41)23-7-12-28(35-17-23)43(32(45)37-16-22-5-3-2-4-6-22)27-10-8-26(9-11-27)39-31-36-18-24(15-33)30(40-31)42-14-13-34-29(44)21-42/h2-7,12,17-20,26-27H,8-11,13-14,16,21H2,1H3,(H,34,44)(H,37,45)(H,36,39,40)/t26-,27-. The van der Waals surface area contributed by atoms with E-state index in [0.717, 1.165) is 42.4 Å². The third-order valence-corrected chi connectivity index (χ3v) is 8.16. The summed E-state index contributed by atoms with van der Waals surface area (Å²) in [6, 6.07) is 15.7. The van der Waals surface area contributed by atoms with Gasteiger partial charge in [-0.1, -0.05) is 30.3 Å². The number of nitriles is 1. The molecule has 0 spiro atoms. The van der Waals surface area contributed by atoms with Crippen molar-refractivity contribution in [2.45, 2.75) is 44.3 Å². The maximum absolute atomic E-state index is 13.7. The fourth-order valence-corrected chi connectivity index (χ4v) is 5.83. The van der Waals surface area contributed by atoms with Crippen LogP contribution in [0.15, 0.2) is 67.3 Å². The number of aryl methyl sites for hydroxylation is 1. The van der Waals surface area contributed by atoms with Gasteiger partial charge in [-0.05, 0) is 43.4 Å². The summed E-state index contributed by atoms with van der Waals surface area (Å²) in [7, 11) is 1.87. The lowest BCUT2D eigenvalue weighted by Crippen LogP contribution is -2.49. The van der Waals surface area contributed by atoms with Gasteiger partial charge in [0.1, 0.15) is 17.5 Å². The van der Waals surface area contributed by atoms with Gasteiger partial charge in [-0.3, -0.25) is 14.4 Å². The van der Waals surface area contributed by atoms with Gasteiger partial charge in [0.25, 0.3) is 0 Å². The van der Waals surface area contributed by atoms with Crippen molar-refractivity contribution in [3.05, 3.63) is 78.4 Å². The van der Waals surface area contributed by atoms with E-state index in [-0.39, 0.29) is 30.6 Å². The van der Waals surface area contributed by atoms with Crippen molar-refractivity contribution in [3.63, 3.8) is 0 Å². The van der Waals surface area contributed by atoms with Crippen LogP contribution in [0.5, 0.6) is 0 Å². The summed E-state index contributed by atoms with van der Waals surface area (Å²) in [5.41, 5.74) is 3.24. The van der Waals surface area contributed by atoms with Crippen molar-refractivity contribution in [1.82, 2.24) is 35.4 Å². The molecule has 230 valence electrons. The zero-order valence-corrected chi connectivity index (χ0v) is 25.1. The van der Waals surface area contributed by atoms with Gasteiger partial charge >= 0.3 is 6.03 Å². The van der Waals surface area contributed by atoms with Crippen molar-refractivity contribution < 1.29 is 9.59 Å². The molecular weight excluding hydrogens is 570 g/mol. The zero-order chi connectivity index (χ0) is 31.2. The molecule has 4 heterocycles. The Morgan fingerprint density at radius 1 is 1.07 bits per heavy atom. The number of amides is 3. The first-order valence-corrected chi connectivity index (χ1v) is 15.1. The van der Waals surface area contributed by atoms with E-state index in [1.54, 1.807) is 26.9 Å². The Morgan fingerprint density at radius 2 is 1.89 bits per heavy atom. The predicted molar refractivity (Wildman–Crippen MR) is 169 cm³/mol. The highest BCUT2D eigenvalue weighted by atomic mass is 16.2. The van der Waals surface area contributed by atoms with E-state index in [1.165, 1.54) is 6.20 Å². The Hall–Kier alpha value is -5.51. The van der Waals surface area contributed by atoms with Crippen LogP contribution in [-0.4, -0.2) is 68.4 Å². The summed E-state index contributed by atoms with van der Waals surface area (Å²) in [5, 5.41) is 23.2. The lowest BCUT2D eigenvalue weighted by atomic mass is 9.90. The lowest BCUT2D eigenvalue weighted by Gasteiger charge is -2.36. The largest absolute Gasteiger partial charge is 0.353 e. The van der Waals surface area contributed by atoms with Crippen LogP contribution in [-0.2, 0) is 18.4 Å². The number of benzene rings is 1. The van der Waals surface area contributed by atoms with Crippen LogP contribution in [0.1, 0.15) is 36.8 Å². The maximum atomic E-state index is 13.7. The second-order valence-electron chi connectivity index (χ2n) is 11.3. The van der Waals surface area contributed by atoms with E-state index in [2.05, 4.69) is 37.1 Å². The smallest absolute Gasteiger partial charge is 0.323 e. The number of carbonyl (C=O) groups is 2. The van der Waals surface area contributed by atoms with Crippen LogP contribution in [0.3, 0.4) is 0 Å². The third-order valence-electron chi connectivity index (χ3n) is 8.16. The molecular formula is C32H35N11O2. The van der Waals surface area contributed by atoms with Crippen LogP contribution in [0.25, 0.3) is 11.1 Å². The highest BCUT2D eigenvalue weighted by molar-refractivity contribution is 5.91. The molecule has 1 aliphatic carbocycles. The van der Waals surface area contributed by atoms with E-state index in [9.17, 15) is 14.9 Å². The van der Waals surface area contributed by atoms with E-state index in [1.807, 2.05) is 55.7 Å². The quantitative estimate of drug-likeness (QED) is 0.274. The average molecular weight is 606 g/mol. The molecule has 1 saturated carbocycles. The summed E-state index contributed by atoms with van der Waals surface area (Å²) >= 11 is 0.